The third-order valence-corrected chi connectivity index (χ3v) is 7.04. The number of nitrogens with zero attached hydrogens (tertiary/aromatic N) is 3. The number of hydrogen-bond acceptors (Lipinski definition) is 6. The molecule has 1 atom stereocenters. The first-order valence-electron chi connectivity index (χ1n) is 11.1. The number of carbonyl (C=O) groups is 1. The minimum Gasteiger partial charge on any atom is -0.377 e. The molecule has 1 aliphatic carbocycles. The van der Waals surface area contributed by atoms with E-state index in [9.17, 15) is 4.79 Å². The molecule has 3 aromatic rings. The maximum atomic E-state index is 12.8. The lowest BCUT2D eigenvalue weighted by Crippen LogP contribution is -2.44. The molecular weight excluding hydrogens is 408 g/mol. The molecule has 0 radical (unpaired) electrons. The summed E-state index contributed by atoms with van der Waals surface area (Å²) < 4.78 is 5.33. The zero-order chi connectivity index (χ0) is 21.2. The van der Waals surface area contributed by atoms with E-state index in [1.54, 1.807) is 18.4 Å². The molecule has 5 rings (SSSR count). The molecule has 6 nitrogen and oxygen atoms in total. The molecule has 7 heteroatoms. The fourth-order valence-electron chi connectivity index (χ4n) is 4.31. The number of rotatable bonds is 7. The Labute approximate surface area is 186 Å². The highest BCUT2D eigenvalue weighted by Crippen LogP contribution is 2.39. The van der Waals surface area contributed by atoms with Crippen LogP contribution >= 0.6 is 11.3 Å². The second-order valence-electron chi connectivity index (χ2n) is 8.57. The maximum Gasteiger partial charge on any atom is 0.224 e. The lowest BCUT2D eigenvalue weighted by atomic mass is 9.96. The fourth-order valence-corrected chi connectivity index (χ4v) is 5.27. The van der Waals surface area contributed by atoms with Crippen LogP contribution in [0.3, 0.4) is 0 Å². The Bertz CT molecular complexity index is 1060. The van der Waals surface area contributed by atoms with Crippen molar-refractivity contribution < 1.29 is 9.53 Å². The van der Waals surface area contributed by atoms with E-state index in [0.29, 0.717) is 24.9 Å². The van der Waals surface area contributed by atoms with Crippen molar-refractivity contribution >= 4 is 33.3 Å². The summed E-state index contributed by atoms with van der Waals surface area (Å²) in [6.45, 7) is 2.79. The number of amides is 1. The number of aromatic nitrogens is 2. The minimum atomic E-state index is 0.00204. The molecule has 1 aliphatic heterocycles. The monoisotopic (exact) mass is 436 g/mol. The summed E-state index contributed by atoms with van der Waals surface area (Å²) >= 11 is 1.64. The van der Waals surface area contributed by atoms with Crippen LogP contribution in [0.2, 0.25) is 0 Å². The van der Waals surface area contributed by atoms with Gasteiger partial charge in [-0.2, -0.15) is 0 Å². The average molecular weight is 437 g/mol. The van der Waals surface area contributed by atoms with Gasteiger partial charge in [-0.15, -0.1) is 11.3 Å². The van der Waals surface area contributed by atoms with Crippen LogP contribution in [0.15, 0.2) is 35.7 Å². The number of fused-ring (bicyclic) bond motifs is 1. The summed E-state index contributed by atoms with van der Waals surface area (Å²) in [6, 6.07) is 10.4. The number of benzene rings is 1. The van der Waals surface area contributed by atoms with E-state index in [2.05, 4.69) is 39.9 Å². The van der Waals surface area contributed by atoms with E-state index < -0.39 is 0 Å². The van der Waals surface area contributed by atoms with Gasteiger partial charge in [0.1, 0.15) is 17.3 Å². The number of hydrogen-bond donors (Lipinski definition) is 1. The van der Waals surface area contributed by atoms with Crippen molar-refractivity contribution in [3.63, 3.8) is 0 Å². The number of carbonyl (C=O) groups excluding carboxylic acids is 1. The Hall–Kier alpha value is -2.51. The molecule has 1 amide bonds. The largest absolute Gasteiger partial charge is 0.377 e. The molecule has 1 aromatic carbocycles. The minimum absolute atomic E-state index is 0.00204. The second-order valence-corrected chi connectivity index (χ2v) is 9.42. The highest BCUT2D eigenvalue weighted by atomic mass is 32.1. The Morgan fingerprint density at radius 1 is 1.23 bits per heavy atom. The third kappa shape index (κ3) is 4.43. The number of ether oxygens (including phenoxy) is 1. The van der Waals surface area contributed by atoms with Crippen molar-refractivity contribution in [2.45, 2.75) is 32.3 Å². The smallest absolute Gasteiger partial charge is 0.224 e. The fraction of sp³-hybridized carbons (Fsp3) is 0.458. The number of nitrogens with one attached hydrogen (secondary N) is 1. The van der Waals surface area contributed by atoms with Gasteiger partial charge in [-0.05, 0) is 37.2 Å². The molecule has 1 N–H and O–H groups in total. The van der Waals surface area contributed by atoms with Crippen molar-refractivity contribution in [1.82, 2.24) is 15.3 Å². The highest BCUT2D eigenvalue weighted by Gasteiger charge is 2.30. The lowest BCUT2D eigenvalue weighted by Gasteiger charge is -2.33. The first-order valence-corrected chi connectivity index (χ1v) is 12.0. The van der Waals surface area contributed by atoms with Crippen molar-refractivity contribution in [2.75, 3.05) is 31.6 Å². The van der Waals surface area contributed by atoms with E-state index in [1.807, 2.05) is 6.07 Å². The standard InChI is InChI=1S/C24H28N4O2S/c1-30-14-20-26-22(21-19(15-31-24(21)27-20)17-6-3-2-4-7-17)28-11-5-8-18(13-28)23(29)25-12-16-9-10-16/h2-4,6-7,15-16,18H,5,8-14H2,1H3,(H,25,29). The molecule has 1 saturated heterocycles. The van der Waals surface area contributed by atoms with E-state index in [0.717, 1.165) is 53.1 Å². The Morgan fingerprint density at radius 3 is 2.84 bits per heavy atom. The second kappa shape index (κ2) is 8.93. The number of methoxy groups -OCH3 is 1. The van der Waals surface area contributed by atoms with Gasteiger partial charge in [-0.3, -0.25) is 4.79 Å². The molecule has 0 bridgehead atoms. The van der Waals surface area contributed by atoms with Crippen molar-refractivity contribution in [3.8, 4) is 11.1 Å². The lowest BCUT2D eigenvalue weighted by molar-refractivity contribution is -0.125. The van der Waals surface area contributed by atoms with Crippen LogP contribution in [-0.2, 0) is 16.1 Å². The van der Waals surface area contributed by atoms with Crippen molar-refractivity contribution in [3.05, 3.63) is 41.5 Å². The average Bonchev–Trinajstić information content (AvgIpc) is 3.55. The van der Waals surface area contributed by atoms with Gasteiger partial charge in [0, 0.05) is 37.7 Å². The van der Waals surface area contributed by atoms with Crippen LogP contribution in [-0.4, -0.2) is 42.6 Å². The molecule has 0 spiro atoms. The maximum absolute atomic E-state index is 12.8. The molecule has 162 valence electrons. The molecule has 31 heavy (non-hydrogen) atoms. The van der Waals surface area contributed by atoms with E-state index in [-0.39, 0.29) is 11.8 Å². The van der Waals surface area contributed by atoms with E-state index >= 15 is 0 Å². The zero-order valence-corrected chi connectivity index (χ0v) is 18.7. The summed E-state index contributed by atoms with van der Waals surface area (Å²) in [5, 5.41) is 6.42. The van der Waals surface area contributed by atoms with Crippen LogP contribution < -0.4 is 10.2 Å². The van der Waals surface area contributed by atoms with Gasteiger partial charge >= 0.3 is 0 Å². The molecule has 2 aliphatic rings. The van der Waals surface area contributed by atoms with Gasteiger partial charge in [0.2, 0.25) is 5.91 Å². The van der Waals surface area contributed by atoms with Crippen LogP contribution in [0.5, 0.6) is 0 Å². The van der Waals surface area contributed by atoms with Crippen LogP contribution in [0.1, 0.15) is 31.5 Å². The Balaban J connectivity index is 1.49. The van der Waals surface area contributed by atoms with Gasteiger partial charge < -0.3 is 15.0 Å². The Kier molecular flexibility index (Phi) is 5.87. The number of thiophene rings is 1. The van der Waals surface area contributed by atoms with Crippen LogP contribution in [0, 0.1) is 11.8 Å². The summed E-state index contributed by atoms with van der Waals surface area (Å²) in [7, 11) is 1.66. The zero-order valence-electron chi connectivity index (χ0n) is 17.8. The van der Waals surface area contributed by atoms with Gasteiger partial charge in [-0.1, -0.05) is 30.3 Å². The van der Waals surface area contributed by atoms with Crippen LogP contribution in [0.4, 0.5) is 5.82 Å². The van der Waals surface area contributed by atoms with Gasteiger partial charge in [0.15, 0.2) is 5.82 Å². The summed E-state index contributed by atoms with van der Waals surface area (Å²) in [4.78, 5) is 25.7. The summed E-state index contributed by atoms with van der Waals surface area (Å²) in [6.07, 6.45) is 4.41. The molecule has 3 heterocycles. The summed E-state index contributed by atoms with van der Waals surface area (Å²) in [5.74, 6) is 2.50. The number of anilines is 1. The quantitative estimate of drug-likeness (QED) is 0.600. The molecule has 1 saturated carbocycles. The van der Waals surface area contributed by atoms with Gasteiger partial charge in [0.25, 0.3) is 0 Å². The van der Waals surface area contributed by atoms with Crippen molar-refractivity contribution in [1.29, 1.82) is 0 Å². The normalized spacial score (nSPS) is 19.0. The van der Waals surface area contributed by atoms with Crippen LogP contribution in [0.25, 0.3) is 21.3 Å². The highest BCUT2D eigenvalue weighted by molar-refractivity contribution is 7.17. The van der Waals surface area contributed by atoms with E-state index in [1.165, 1.54) is 12.8 Å². The molecule has 2 aromatic heterocycles. The first-order chi connectivity index (χ1) is 15.2. The molecule has 1 unspecified atom stereocenters. The predicted molar refractivity (Wildman–Crippen MR) is 124 cm³/mol. The Morgan fingerprint density at radius 2 is 2.06 bits per heavy atom. The third-order valence-electron chi connectivity index (χ3n) is 6.17. The topological polar surface area (TPSA) is 67.3 Å². The SMILES string of the molecule is COCc1nc(N2CCCC(C(=O)NCC3CC3)C2)c2c(-c3ccccc3)csc2n1. The number of piperidine rings is 1. The molecule has 2 fully saturated rings. The predicted octanol–water partition coefficient (Wildman–Crippen LogP) is 4.25. The van der Waals surface area contributed by atoms with Gasteiger partial charge in [-0.25, -0.2) is 9.97 Å². The summed E-state index contributed by atoms with van der Waals surface area (Å²) in [5.41, 5.74) is 2.31. The van der Waals surface area contributed by atoms with E-state index in [4.69, 9.17) is 14.7 Å². The first kappa shape index (κ1) is 20.4. The van der Waals surface area contributed by atoms with Crippen molar-refractivity contribution in [2.24, 2.45) is 11.8 Å². The van der Waals surface area contributed by atoms with Gasteiger partial charge in [0.05, 0.1) is 11.3 Å². The molecular formula is C24H28N4O2S.